The highest BCUT2D eigenvalue weighted by atomic mass is 15.0. The van der Waals surface area contributed by atoms with Crippen molar-refractivity contribution in [2.45, 2.75) is 32.4 Å². The highest BCUT2D eigenvalue weighted by Gasteiger charge is 1.98. The molecule has 78 valence electrons. The van der Waals surface area contributed by atoms with Gasteiger partial charge in [0.2, 0.25) is 0 Å². The molecule has 0 spiro atoms. The lowest BCUT2D eigenvalue weighted by Gasteiger charge is -2.12. The summed E-state index contributed by atoms with van der Waals surface area (Å²) in [6, 6.07) is 10.5. The summed E-state index contributed by atoms with van der Waals surface area (Å²) in [5.41, 5.74) is 7.20. The Bertz CT molecular complexity index is 233. The third kappa shape index (κ3) is 4.40. The van der Waals surface area contributed by atoms with E-state index >= 15 is 0 Å². The van der Waals surface area contributed by atoms with Crippen LogP contribution in [0.3, 0.4) is 0 Å². The van der Waals surface area contributed by atoms with Crippen LogP contribution in [0.2, 0.25) is 0 Å². The van der Waals surface area contributed by atoms with Gasteiger partial charge in [-0.05, 0) is 18.4 Å². The van der Waals surface area contributed by atoms with Crippen molar-refractivity contribution in [1.82, 2.24) is 5.32 Å². The fraction of sp³-hybridized carbons (Fsp3) is 0.500. The van der Waals surface area contributed by atoms with E-state index in [1.165, 1.54) is 5.56 Å². The Balaban J connectivity index is 2.16. The summed E-state index contributed by atoms with van der Waals surface area (Å²) in [6.45, 7) is 3.11. The van der Waals surface area contributed by atoms with Crippen LogP contribution in [0.1, 0.15) is 25.3 Å². The minimum Gasteiger partial charge on any atom is -0.316 e. The molecule has 0 aliphatic rings. The van der Waals surface area contributed by atoms with E-state index in [0.717, 1.165) is 25.8 Å². The molecule has 14 heavy (non-hydrogen) atoms. The molecular formula is C12H20N2. The molecule has 2 nitrogen and oxygen atoms in total. The van der Waals surface area contributed by atoms with Gasteiger partial charge in [0, 0.05) is 6.54 Å². The number of nitrogens with two attached hydrogens (primary N) is 1. The highest BCUT2D eigenvalue weighted by Crippen LogP contribution is 1.98. The predicted molar refractivity (Wildman–Crippen MR) is 61.0 cm³/mol. The summed E-state index contributed by atoms with van der Waals surface area (Å²) in [6.07, 6.45) is 3.40. The van der Waals surface area contributed by atoms with E-state index in [1.807, 2.05) is 6.07 Å². The first-order chi connectivity index (χ1) is 6.83. The summed E-state index contributed by atoms with van der Waals surface area (Å²) >= 11 is 0. The normalized spacial score (nSPS) is 12.7. The van der Waals surface area contributed by atoms with Crippen molar-refractivity contribution in [3.8, 4) is 0 Å². The Morgan fingerprint density at radius 2 is 2.00 bits per heavy atom. The lowest BCUT2D eigenvalue weighted by molar-refractivity contribution is 0.493. The molecule has 3 N–H and O–H groups in total. The number of hydrogen-bond donors (Lipinski definition) is 2. The van der Waals surface area contributed by atoms with Gasteiger partial charge in [-0.3, -0.25) is 0 Å². The number of hydrogen-bond acceptors (Lipinski definition) is 2. The molecular weight excluding hydrogens is 172 g/mol. The lowest BCUT2D eigenvalue weighted by atomic mass is 10.1. The zero-order chi connectivity index (χ0) is 10.2. The Morgan fingerprint density at radius 3 is 2.64 bits per heavy atom. The maximum atomic E-state index is 5.84. The summed E-state index contributed by atoms with van der Waals surface area (Å²) < 4.78 is 0. The molecule has 0 saturated heterocycles. The Kier molecular flexibility index (Phi) is 5.27. The topological polar surface area (TPSA) is 38.0 Å². The Labute approximate surface area is 86.5 Å². The first kappa shape index (κ1) is 11.2. The summed E-state index contributed by atoms with van der Waals surface area (Å²) in [7, 11) is 0. The summed E-state index contributed by atoms with van der Waals surface area (Å²) in [5, 5.41) is 3.31. The molecule has 0 heterocycles. The van der Waals surface area contributed by atoms with Crippen molar-refractivity contribution in [3.05, 3.63) is 35.9 Å². The van der Waals surface area contributed by atoms with Crippen LogP contribution in [0, 0.1) is 0 Å². The highest BCUT2D eigenvalue weighted by molar-refractivity contribution is 5.14. The van der Waals surface area contributed by atoms with Crippen molar-refractivity contribution < 1.29 is 0 Å². The van der Waals surface area contributed by atoms with E-state index in [-0.39, 0.29) is 6.17 Å². The minimum absolute atomic E-state index is 0.156. The largest absolute Gasteiger partial charge is 0.316 e. The van der Waals surface area contributed by atoms with E-state index in [0.29, 0.717) is 0 Å². The Morgan fingerprint density at radius 1 is 1.29 bits per heavy atom. The average Bonchev–Trinajstić information content (AvgIpc) is 2.20. The van der Waals surface area contributed by atoms with Gasteiger partial charge < -0.3 is 11.1 Å². The molecule has 1 unspecified atom stereocenters. The van der Waals surface area contributed by atoms with Gasteiger partial charge in [0.15, 0.2) is 0 Å². The van der Waals surface area contributed by atoms with E-state index < -0.39 is 0 Å². The van der Waals surface area contributed by atoms with Crippen molar-refractivity contribution in [2.75, 3.05) is 6.54 Å². The van der Waals surface area contributed by atoms with Gasteiger partial charge in [-0.15, -0.1) is 0 Å². The molecule has 0 amide bonds. The molecule has 1 rings (SSSR count). The van der Waals surface area contributed by atoms with Gasteiger partial charge >= 0.3 is 0 Å². The van der Waals surface area contributed by atoms with E-state index in [2.05, 4.69) is 36.5 Å². The standard InChI is InChI=1S/C12H20N2/c1-2-6-12(13)14-10-9-11-7-4-3-5-8-11/h3-5,7-8,12,14H,2,6,9-10,13H2,1H3. The first-order valence-corrected chi connectivity index (χ1v) is 5.36. The number of benzene rings is 1. The summed E-state index contributed by atoms with van der Waals surface area (Å²) in [4.78, 5) is 0. The van der Waals surface area contributed by atoms with Crippen LogP contribution in [0.4, 0.5) is 0 Å². The second-order valence-corrected chi connectivity index (χ2v) is 3.58. The molecule has 0 bridgehead atoms. The minimum atomic E-state index is 0.156. The lowest BCUT2D eigenvalue weighted by Crippen LogP contribution is -2.38. The third-order valence-corrected chi connectivity index (χ3v) is 2.26. The molecule has 0 aliphatic carbocycles. The number of rotatable bonds is 6. The average molecular weight is 192 g/mol. The van der Waals surface area contributed by atoms with Crippen molar-refractivity contribution >= 4 is 0 Å². The molecule has 0 aromatic heterocycles. The zero-order valence-corrected chi connectivity index (χ0v) is 8.87. The third-order valence-electron chi connectivity index (χ3n) is 2.26. The SMILES string of the molecule is CCCC(N)NCCc1ccccc1. The fourth-order valence-corrected chi connectivity index (χ4v) is 1.46. The quantitative estimate of drug-likeness (QED) is 0.676. The van der Waals surface area contributed by atoms with Crippen LogP contribution in [-0.2, 0) is 6.42 Å². The fourth-order valence-electron chi connectivity index (χ4n) is 1.46. The first-order valence-electron chi connectivity index (χ1n) is 5.36. The van der Waals surface area contributed by atoms with Crippen LogP contribution in [-0.4, -0.2) is 12.7 Å². The van der Waals surface area contributed by atoms with Crippen LogP contribution in [0.25, 0.3) is 0 Å². The monoisotopic (exact) mass is 192 g/mol. The maximum Gasteiger partial charge on any atom is 0.0546 e. The van der Waals surface area contributed by atoms with E-state index in [1.54, 1.807) is 0 Å². The van der Waals surface area contributed by atoms with Crippen LogP contribution in [0.5, 0.6) is 0 Å². The van der Waals surface area contributed by atoms with E-state index in [4.69, 9.17) is 5.73 Å². The molecule has 1 atom stereocenters. The van der Waals surface area contributed by atoms with Crippen LogP contribution >= 0.6 is 0 Å². The van der Waals surface area contributed by atoms with Crippen LogP contribution < -0.4 is 11.1 Å². The molecule has 1 aromatic rings. The van der Waals surface area contributed by atoms with Gasteiger partial charge in [-0.2, -0.15) is 0 Å². The van der Waals surface area contributed by atoms with Gasteiger partial charge in [0.05, 0.1) is 6.17 Å². The number of nitrogens with one attached hydrogen (secondary N) is 1. The predicted octanol–water partition coefficient (Wildman–Crippen LogP) is 1.90. The Hall–Kier alpha value is -0.860. The molecule has 0 saturated carbocycles. The molecule has 1 aromatic carbocycles. The molecule has 0 radical (unpaired) electrons. The smallest absolute Gasteiger partial charge is 0.0546 e. The van der Waals surface area contributed by atoms with Gasteiger partial charge in [0.25, 0.3) is 0 Å². The molecule has 0 aliphatic heterocycles. The van der Waals surface area contributed by atoms with Gasteiger partial charge in [0.1, 0.15) is 0 Å². The second-order valence-electron chi connectivity index (χ2n) is 3.58. The molecule has 0 fully saturated rings. The molecule has 2 heteroatoms. The zero-order valence-electron chi connectivity index (χ0n) is 8.87. The van der Waals surface area contributed by atoms with Crippen molar-refractivity contribution in [1.29, 1.82) is 0 Å². The maximum absolute atomic E-state index is 5.84. The van der Waals surface area contributed by atoms with Gasteiger partial charge in [-0.1, -0.05) is 43.7 Å². The summed E-state index contributed by atoms with van der Waals surface area (Å²) in [5.74, 6) is 0. The van der Waals surface area contributed by atoms with Crippen molar-refractivity contribution in [3.63, 3.8) is 0 Å². The van der Waals surface area contributed by atoms with E-state index in [9.17, 15) is 0 Å². The second kappa shape index (κ2) is 6.57. The van der Waals surface area contributed by atoms with Gasteiger partial charge in [-0.25, -0.2) is 0 Å². The van der Waals surface area contributed by atoms with Crippen LogP contribution in [0.15, 0.2) is 30.3 Å². The van der Waals surface area contributed by atoms with Crippen molar-refractivity contribution in [2.24, 2.45) is 5.73 Å².